The summed E-state index contributed by atoms with van der Waals surface area (Å²) in [5, 5.41) is 0.524. The number of nitrogens with zero attached hydrogens (tertiary/aromatic N) is 1. The summed E-state index contributed by atoms with van der Waals surface area (Å²) >= 11 is 1.32. The highest BCUT2D eigenvalue weighted by Crippen LogP contribution is 2.33. The van der Waals surface area contributed by atoms with E-state index >= 15 is 0 Å². The van der Waals surface area contributed by atoms with Crippen LogP contribution < -0.4 is 0 Å². The van der Waals surface area contributed by atoms with Gasteiger partial charge in [-0.05, 0) is 36.8 Å². The number of halogens is 1. The quantitative estimate of drug-likeness (QED) is 0.670. The van der Waals surface area contributed by atoms with Crippen molar-refractivity contribution in [3.05, 3.63) is 58.6 Å². The number of carbonyl (C=O) groups is 1. The largest absolute Gasteiger partial charge is 0.467 e. The fraction of sp³-hybridized carbons (Fsp3) is 0.278. The molecule has 0 saturated carbocycles. The Kier molecular flexibility index (Phi) is 4.97. The van der Waals surface area contributed by atoms with Gasteiger partial charge in [0.25, 0.3) is 5.91 Å². The normalized spacial score (nSPS) is 11.1. The van der Waals surface area contributed by atoms with Gasteiger partial charge in [-0.25, -0.2) is 4.39 Å². The van der Waals surface area contributed by atoms with Gasteiger partial charge in [0.1, 0.15) is 11.6 Å². The Labute approximate surface area is 143 Å². The molecule has 2 heterocycles. The molecule has 0 bridgehead atoms. The standard InChI is InChI=1S/C18H18FNO3S/c1-12-16-14(19)6-3-7-15(16)24-17(12)18(21)20(8-10-22-2)11-13-5-4-9-23-13/h3-7,9H,8,10-11H2,1-2H3. The van der Waals surface area contributed by atoms with Crippen molar-refractivity contribution in [2.24, 2.45) is 0 Å². The van der Waals surface area contributed by atoms with E-state index in [0.29, 0.717) is 41.3 Å². The maximum absolute atomic E-state index is 14.1. The molecule has 0 fully saturated rings. The lowest BCUT2D eigenvalue weighted by Crippen LogP contribution is -2.33. The molecule has 0 aliphatic heterocycles. The van der Waals surface area contributed by atoms with Crippen molar-refractivity contribution in [3.8, 4) is 0 Å². The highest BCUT2D eigenvalue weighted by molar-refractivity contribution is 7.21. The first-order chi connectivity index (χ1) is 11.6. The van der Waals surface area contributed by atoms with Crippen LogP contribution in [0, 0.1) is 12.7 Å². The summed E-state index contributed by atoms with van der Waals surface area (Å²) in [5.74, 6) is 0.265. The first-order valence-corrected chi connectivity index (χ1v) is 8.41. The van der Waals surface area contributed by atoms with Crippen molar-refractivity contribution in [3.63, 3.8) is 0 Å². The maximum atomic E-state index is 14.1. The van der Waals surface area contributed by atoms with Crippen molar-refractivity contribution in [1.29, 1.82) is 0 Å². The summed E-state index contributed by atoms with van der Waals surface area (Å²) in [6.07, 6.45) is 1.58. The molecule has 0 aliphatic carbocycles. The van der Waals surface area contributed by atoms with Gasteiger partial charge >= 0.3 is 0 Å². The van der Waals surface area contributed by atoms with Crippen LogP contribution in [0.25, 0.3) is 10.1 Å². The van der Waals surface area contributed by atoms with E-state index in [-0.39, 0.29) is 11.7 Å². The molecule has 1 amide bonds. The van der Waals surface area contributed by atoms with Gasteiger partial charge in [0.05, 0.1) is 24.3 Å². The van der Waals surface area contributed by atoms with E-state index in [0.717, 1.165) is 4.70 Å². The molecule has 0 spiro atoms. The summed E-state index contributed by atoms with van der Waals surface area (Å²) in [4.78, 5) is 15.2. The predicted molar refractivity (Wildman–Crippen MR) is 91.8 cm³/mol. The summed E-state index contributed by atoms with van der Waals surface area (Å²) in [5.41, 5.74) is 0.681. The van der Waals surface area contributed by atoms with Crippen molar-refractivity contribution in [2.75, 3.05) is 20.3 Å². The molecule has 0 unspecified atom stereocenters. The number of thiophene rings is 1. The van der Waals surface area contributed by atoms with Crippen LogP contribution in [0.1, 0.15) is 21.0 Å². The third-order valence-electron chi connectivity index (χ3n) is 3.88. The minimum Gasteiger partial charge on any atom is -0.467 e. The number of amides is 1. The lowest BCUT2D eigenvalue weighted by molar-refractivity contribution is 0.0671. The zero-order valence-corrected chi connectivity index (χ0v) is 14.4. The minimum absolute atomic E-state index is 0.137. The average Bonchev–Trinajstić information content (AvgIpc) is 3.19. The lowest BCUT2D eigenvalue weighted by Gasteiger charge is -2.21. The van der Waals surface area contributed by atoms with Crippen molar-refractivity contribution < 1.29 is 18.3 Å². The highest BCUT2D eigenvalue weighted by Gasteiger charge is 2.23. The van der Waals surface area contributed by atoms with E-state index in [9.17, 15) is 9.18 Å². The van der Waals surface area contributed by atoms with Crippen molar-refractivity contribution in [1.82, 2.24) is 4.90 Å². The van der Waals surface area contributed by atoms with Gasteiger partial charge in [-0.15, -0.1) is 11.3 Å². The number of hydrogen-bond donors (Lipinski definition) is 0. The van der Waals surface area contributed by atoms with Gasteiger partial charge in [0, 0.05) is 23.7 Å². The number of ether oxygens (including phenoxy) is 1. The fourth-order valence-corrected chi connectivity index (χ4v) is 3.84. The summed E-state index contributed by atoms with van der Waals surface area (Å²) in [6.45, 7) is 3.00. The number of fused-ring (bicyclic) bond motifs is 1. The molecule has 3 rings (SSSR count). The molecule has 3 aromatic rings. The van der Waals surface area contributed by atoms with E-state index in [2.05, 4.69) is 0 Å². The minimum atomic E-state index is -0.297. The molecule has 0 saturated heterocycles. The number of carbonyl (C=O) groups excluding carboxylic acids is 1. The van der Waals surface area contributed by atoms with Crippen molar-refractivity contribution in [2.45, 2.75) is 13.5 Å². The van der Waals surface area contributed by atoms with E-state index in [1.54, 1.807) is 37.3 Å². The first kappa shape index (κ1) is 16.7. The SMILES string of the molecule is COCCN(Cc1ccco1)C(=O)c1sc2cccc(F)c2c1C. The fourth-order valence-electron chi connectivity index (χ4n) is 2.65. The summed E-state index contributed by atoms with van der Waals surface area (Å²) < 4.78 is 25.3. The average molecular weight is 347 g/mol. The molecule has 6 heteroatoms. The van der Waals surface area contributed by atoms with Gasteiger partial charge in [0.15, 0.2) is 0 Å². The van der Waals surface area contributed by atoms with Gasteiger partial charge in [-0.1, -0.05) is 6.07 Å². The van der Waals surface area contributed by atoms with Gasteiger partial charge in [-0.2, -0.15) is 0 Å². The van der Waals surface area contributed by atoms with Gasteiger partial charge in [-0.3, -0.25) is 4.79 Å². The zero-order valence-electron chi connectivity index (χ0n) is 13.5. The van der Waals surface area contributed by atoms with Crippen LogP contribution in [-0.4, -0.2) is 31.1 Å². The molecule has 0 atom stereocenters. The first-order valence-electron chi connectivity index (χ1n) is 7.60. The topological polar surface area (TPSA) is 42.7 Å². The zero-order chi connectivity index (χ0) is 17.1. The van der Waals surface area contributed by atoms with Crippen LogP contribution in [0.15, 0.2) is 41.0 Å². The van der Waals surface area contributed by atoms with E-state index in [1.165, 1.54) is 17.4 Å². The molecule has 0 aliphatic rings. The lowest BCUT2D eigenvalue weighted by atomic mass is 10.1. The number of methoxy groups -OCH3 is 1. The Balaban J connectivity index is 1.94. The second-order valence-corrected chi connectivity index (χ2v) is 6.52. The van der Waals surface area contributed by atoms with Crippen LogP contribution in [0.2, 0.25) is 0 Å². The van der Waals surface area contributed by atoms with E-state index in [4.69, 9.17) is 9.15 Å². The number of hydrogen-bond acceptors (Lipinski definition) is 4. The Bertz CT molecular complexity index is 841. The molecule has 0 N–H and O–H groups in total. The van der Waals surface area contributed by atoms with E-state index < -0.39 is 0 Å². The number of benzene rings is 1. The highest BCUT2D eigenvalue weighted by atomic mass is 32.1. The van der Waals surface area contributed by atoms with Gasteiger partial charge < -0.3 is 14.1 Å². The molecular formula is C18H18FNO3S. The third-order valence-corrected chi connectivity index (χ3v) is 5.12. The number of furan rings is 1. The second kappa shape index (κ2) is 7.15. The monoisotopic (exact) mass is 347 g/mol. The Morgan fingerprint density at radius 2 is 2.17 bits per heavy atom. The molecule has 1 aromatic carbocycles. The third kappa shape index (κ3) is 3.20. The Morgan fingerprint density at radius 1 is 1.33 bits per heavy atom. The van der Waals surface area contributed by atoms with Gasteiger partial charge in [0.2, 0.25) is 0 Å². The van der Waals surface area contributed by atoms with Crippen LogP contribution in [-0.2, 0) is 11.3 Å². The van der Waals surface area contributed by atoms with Crippen LogP contribution in [0.3, 0.4) is 0 Å². The molecule has 126 valence electrons. The molecular weight excluding hydrogens is 329 g/mol. The molecule has 4 nitrogen and oxygen atoms in total. The van der Waals surface area contributed by atoms with Crippen LogP contribution >= 0.6 is 11.3 Å². The summed E-state index contributed by atoms with van der Waals surface area (Å²) in [7, 11) is 1.59. The summed E-state index contributed by atoms with van der Waals surface area (Å²) in [6, 6.07) is 8.52. The Morgan fingerprint density at radius 3 is 2.83 bits per heavy atom. The Hall–Kier alpha value is -2.18. The van der Waals surface area contributed by atoms with Crippen molar-refractivity contribution >= 4 is 27.3 Å². The number of rotatable bonds is 6. The second-order valence-electron chi connectivity index (χ2n) is 5.47. The van der Waals surface area contributed by atoms with Crippen LogP contribution in [0.5, 0.6) is 0 Å². The van der Waals surface area contributed by atoms with Crippen LogP contribution in [0.4, 0.5) is 4.39 Å². The smallest absolute Gasteiger partial charge is 0.264 e. The molecule has 0 radical (unpaired) electrons. The molecule has 2 aromatic heterocycles. The predicted octanol–water partition coefficient (Wildman–Crippen LogP) is 4.23. The number of aryl methyl sites for hydroxylation is 1. The maximum Gasteiger partial charge on any atom is 0.264 e. The molecule has 24 heavy (non-hydrogen) atoms. The van der Waals surface area contributed by atoms with E-state index in [1.807, 2.05) is 12.1 Å².